The standard InChI is InChI=1S/C21H25N3O6S/c1-13(2)19(20(25)22-12-14-5-7-15(29-4)8-6-14)23-31(27,28)16-9-10-17-18(11-16)30-21(26)24(17)3/h5-11,13,19,23H,12H2,1-4H3,(H,22,25)/t19-/m1/s1. The molecule has 1 amide bonds. The Bertz CT molecular complexity index is 1240. The summed E-state index contributed by atoms with van der Waals surface area (Å²) in [6.45, 7) is 3.74. The molecule has 0 aliphatic heterocycles. The second kappa shape index (κ2) is 8.94. The van der Waals surface area contributed by atoms with Gasteiger partial charge in [0, 0.05) is 19.7 Å². The molecular formula is C21H25N3O6S. The van der Waals surface area contributed by atoms with Crippen molar-refractivity contribution in [1.29, 1.82) is 0 Å². The molecule has 31 heavy (non-hydrogen) atoms. The van der Waals surface area contributed by atoms with Gasteiger partial charge in [0.05, 0.1) is 17.5 Å². The van der Waals surface area contributed by atoms with E-state index < -0.39 is 27.7 Å². The van der Waals surface area contributed by atoms with E-state index in [-0.39, 0.29) is 22.9 Å². The van der Waals surface area contributed by atoms with E-state index in [9.17, 15) is 18.0 Å². The molecule has 10 heteroatoms. The lowest BCUT2D eigenvalue weighted by Crippen LogP contribution is -2.49. The normalized spacial score (nSPS) is 12.8. The summed E-state index contributed by atoms with van der Waals surface area (Å²) in [6, 6.07) is 10.3. The van der Waals surface area contributed by atoms with E-state index in [1.165, 1.54) is 29.8 Å². The first-order valence-electron chi connectivity index (χ1n) is 9.65. The number of benzene rings is 2. The number of aromatic nitrogens is 1. The third-order valence-corrected chi connectivity index (χ3v) is 6.37. The highest BCUT2D eigenvalue weighted by molar-refractivity contribution is 7.89. The zero-order valence-electron chi connectivity index (χ0n) is 17.7. The summed E-state index contributed by atoms with van der Waals surface area (Å²) in [5.74, 6) is -0.629. The zero-order chi connectivity index (χ0) is 22.8. The van der Waals surface area contributed by atoms with Crippen LogP contribution in [0.25, 0.3) is 11.1 Å². The molecule has 3 aromatic rings. The number of carbonyl (C=O) groups excluding carboxylic acids is 1. The highest BCUT2D eigenvalue weighted by atomic mass is 32.2. The molecule has 0 radical (unpaired) electrons. The van der Waals surface area contributed by atoms with Gasteiger partial charge in [0.2, 0.25) is 15.9 Å². The molecule has 0 saturated heterocycles. The van der Waals surface area contributed by atoms with Crippen molar-refractivity contribution in [2.75, 3.05) is 7.11 Å². The Morgan fingerprint density at radius 2 is 1.84 bits per heavy atom. The lowest BCUT2D eigenvalue weighted by atomic mass is 10.0. The van der Waals surface area contributed by atoms with Crippen molar-refractivity contribution in [3.8, 4) is 5.75 Å². The van der Waals surface area contributed by atoms with E-state index in [0.717, 1.165) is 5.56 Å². The Hall–Kier alpha value is -3.11. The maximum absolute atomic E-state index is 12.9. The Kier molecular flexibility index (Phi) is 6.51. The van der Waals surface area contributed by atoms with Gasteiger partial charge in [-0.1, -0.05) is 26.0 Å². The minimum Gasteiger partial charge on any atom is -0.497 e. The molecule has 0 bridgehead atoms. The average Bonchev–Trinajstić information content (AvgIpc) is 3.03. The number of rotatable bonds is 8. The third kappa shape index (κ3) is 4.97. The Balaban J connectivity index is 1.75. The minimum atomic E-state index is -4.04. The van der Waals surface area contributed by atoms with Crippen molar-refractivity contribution in [2.24, 2.45) is 13.0 Å². The number of hydrogen-bond acceptors (Lipinski definition) is 6. The van der Waals surface area contributed by atoms with Crippen LogP contribution in [0.2, 0.25) is 0 Å². The van der Waals surface area contributed by atoms with Crippen LogP contribution in [0.3, 0.4) is 0 Å². The number of carbonyl (C=O) groups is 1. The third-order valence-electron chi connectivity index (χ3n) is 4.93. The predicted molar refractivity (Wildman–Crippen MR) is 115 cm³/mol. The van der Waals surface area contributed by atoms with Crippen molar-refractivity contribution in [3.63, 3.8) is 0 Å². The minimum absolute atomic E-state index is 0.0945. The molecule has 0 fully saturated rings. The molecule has 0 saturated carbocycles. The number of nitrogens with zero attached hydrogens (tertiary/aromatic N) is 1. The van der Waals surface area contributed by atoms with E-state index in [1.54, 1.807) is 33.1 Å². The number of hydrogen-bond donors (Lipinski definition) is 2. The predicted octanol–water partition coefficient (Wildman–Crippen LogP) is 1.76. The maximum atomic E-state index is 12.9. The summed E-state index contributed by atoms with van der Waals surface area (Å²) in [4.78, 5) is 24.3. The van der Waals surface area contributed by atoms with Gasteiger partial charge in [0.25, 0.3) is 0 Å². The Morgan fingerprint density at radius 3 is 2.45 bits per heavy atom. The summed E-state index contributed by atoms with van der Waals surface area (Å²) in [5, 5.41) is 2.76. The van der Waals surface area contributed by atoms with Crippen molar-refractivity contribution >= 4 is 27.0 Å². The molecule has 1 aromatic heterocycles. The van der Waals surface area contributed by atoms with Crippen LogP contribution < -0.4 is 20.5 Å². The Morgan fingerprint density at radius 1 is 1.16 bits per heavy atom. The Labute approximate surface area is 180 Å². The van der Waals surface area contributed by atoms with Gasteiger partial charge in [0.1, 0.15) is 11.8 Å². The number of nitrogens with one attached hydrogen (secondary N) is 2. The molecule has 0 aliphatic rings. The van der Waals surface area contributed by atoms with Gasteiger partial charge >= 0.3 is 5.76 Å². The first-order chi connectivity index (χ1) is 14.6. The molecule has 2 aromatic carbocycles. The second-order valence-corrected chi connectivity index (χ2v) is 9.18. The van der Waals surface area contributed by atoms with Gasteiger partial charge in [-0.2, -0.15) is 4.72 Å². The number of oxazole rings is 1. The largest absolute Gasteiger partial charge is 0.497 e. The molecule has 1 heterocycles. The van der Waals surface area contributed by atoms with Crippen LogP contribution in [0.5, 0.6) is 5.75 Å². The van der Waals surface area contributed by atoms with Crippen LogP contribution in [-0.2, 0) is 28.4 Å². The van der Waals surface area contributed by atoms with Crippen LogP contribution in [0, 0.1) is 5.92 Å². The van der Waals surface area contributed by atoms with Crippen molar-refractivity contribution in [1.82, 2.24) is 14.6 Å². The van der Waals surface area contributed by atoms with E-state index in [4.69, 9.17) is 9.15 Å². The van der Waals surface area contributed by atoms with Crippen LogP contribution in [0.4, 0.5) is 0 Å². The molecule has 9 nitrogen and oxygen atoms in total. The van der Waals surface area contributed by atoms with Crippen molar-refractivity contribution < 1.29 is 22.4 Å². The monoisotopic (exact) mass is 447 g/mol. The molecule has 0 unspecified atom stereocenters. The number of fused-ring (bicyclic) bond motifs is 1. The van der Waals surface area contributed by atoms with Crippen LogP contribution >= 0.6 is 0 Å². The summed E-state index contributed by atoms with van der Waals surface area (Å²) >= 11 is 0. The maximum Gasteiger partial charge on any atom is 0.419 e. The van der Waals surface area contributed by atoms with Crippen molar-refractivity contribution in [2.45, 2.75) is 31.3 Å². The highest BCUT2D eigenvalue weighted by Gasteiger charge is 2.28. The van der Waals surface area contributed by atoms with Crippen molar-refractivity contribution in [3.05, 3.63) is 58.6 Å². The molecule has 166 valence electrons. The number of amides is 1. The molecule has 0 spiro atoms. The van der Waals surface area contributed by atoms with Crippen LogP contribution in [0.1, 0.15) is 19.4 Å². The molecule has 0 aliphatic carbocycles. The summed E-state index contributed by atoms with van der Waals surface area (Å²) < 4.78 is 39.7. The van der Waals surface area contributed by atoms with Crippen LogP contribution in [-0.4, -0.2) is 32.0 Å². The summed E-state index contributed by atoms with van der Waals surface area (Å²) in [5.41, 5.74) is 1.48. The fraction of sp³-hybridized carbons (Fsp3) is 0.333. The molecule has 3 rings (SSSR count). The SMILES string of the molecule is COc1ccc(CNC(=O)[C@H](NS(=O)(=O)c2ccc3c(c2)oc(=O)n3C)C(C)C)cc1. The first kappa shape index (κ1) is 22.6. The first-order valence-corrected chi connectivity index (χ1v) is 11.1. The quantitative estimate of drug-likeness (QED) is 0.543. The van der Waals surface area contributed by atoms with E-state index >= 15 is 0 Å². The fourth-order valence-corrected chi connectivity index (χ4v) is 4.41. The van der Waals surface area contributed by atoms with Gasteiger partial charge in [-0.05, 0) is 35.7 Å². The topological polar surface area (TPSA) is 120 Å². The van der Waals surface area contributed by atoms with Gasteiger partial charge in [-0.15, -0.1) is 0 Å². The van der Waals surface area contributed by atoms with E-state index in [0.29, 0.717) is 11.3 Å². The number of aryl methyl sites for hydroxylation is 1. The zero-order valence-corrected chi connectivity index (χ0v) is 18.5. The molecule has 2 N–H and O–H groups in total. The fourth-order valence-electron chi connectivity index (χ4n) is 3.05. The van der Waals surface area contributed by atoms with Gasteiger partial charge in [0.15, 0.2) is 5.58 Å². The van der Waals surface area contributed by atoms with Gasteiger partial charge < -0.3 is 14.5 Å². The number of methoxy groups -OCH3 is 1. The number of sulfonamides is 1. The smallest absolute Gasteiger partial charge is 0.419 e. The summed E-state index contributed by atoms with van der Waals surface area (Å²) in [6.07, 6.45) is 0. The summed E-state index contributed by atoms with van der Waals surface area (Å²) in [7, 11) is -0.936. The van der Waals surface area contributed by atoms with E-state index in [2.05, 4.69) is 10.0 Å². The molecular weight excluding hydrogens is 422 g/mol. The molecule has 1 atom stereocenters. The van der Waals surface area contributed by atoms with Gasteiger partial charge in [-0.3, -0.25) is 9.36 Å². The van der Waals surface area contributed by atoms with Gasteiger partial charge in [-0.25, -0.2) is 13.2 Å². The average molecular weight is 448 g/mol. The lowest BCUT2D eigenvalue weighted by molar-refractivity contribution is -0.123. The second-order valence-electron chi connectivity index (χ2n) is 7.47. The lowest BCUT2D eigenvalue weighted by Gasteiger charge is -2.21. The highest BCUT2D eigenvalue weighted by Crippen LogP contribution is 2.19. The van der Waals surface area contributed by atoms with Crippen LogP contribution in [0.15, 0.2) is 56.6 Å². The number of ether oxygens (including phenoxy) is 1. The van der Waals surface area contributed by atoms with E-state index in [1.807, 2.05) is 12.1 Å².